The molecule has 0 unspecified atom stereocenters. The summed E-state index contributed by atoms with van der Waals surface area (Å²) in [5.74, 6) is 0. The predicted octanol–water partition coefficient (Wildman–Crippen LogP) is 6.99. The van der Waals surface area contributed by atoms with Crippen molar-refractivity contribution in [2.45, 2.75) is 13.8 Å². The van der Waals surface area contributed by atoms with E-state index >= 15 is 0 Å². The quantitative estimate of drug-likeness (QED) is 0.322. The van der Waals surface area contributed by atoms with Gasteiger partial charge >= 0.3 is 0 Å². The fourth-order valence-electron chi connectivity index (χ4n) is 4.31. The van der Waals surface area contributed by atoms with E-state index in [0.29, 0.717) is 0 Å². The molecule has 0 atom stereocenters. The van der Waals surface area contributed by atoms with Crippen LogP contribution in [0.4, 0.5) is 11.4 Å². The maximum absolute atomic E-state index is 2.42. The average molecular weight is 360 g/mol. The monoisotopic (exact) mass is 360 g/mol. The third kappa shape index (κ3) is 2.51. The molecule has 0 fully saturated rings. The lowest BCUT2D eigenvalue weighted by Crippen LogP contribution is -2.19. The van der Waals surface area contributed by atoms with E-state index in [4.69, 9.17) is 0 Å². The number of aryl methyl sites for hydroxylation is 1. The van der Waals surface area contributed by atoms with Crippen molar-refractivity contribution in [3.8, 4) is 22.3 Å². The van der Waals surface area contributed by atoms with Gasteiger partial charge < -0.3 is 0 Å². The van der Waals surface area contributed by atoms with Gasteiger partial charge in [-0.15, -0.1) is 0 Å². The van der Waals surface area contributed by atoms with Crippen LogP contribution >= 0.6 is 0 Å². The first kappa shape index (κ1) is 16.7. The van der Waals surface area contributed by atoms with Gasteiger partial charge in [0.2, 0.25) is 11.4 Å². The number of hydrogen-bond acceptors (Lipinski definition) is 0. The Kier molecular flexibility index (Phi) is 3.95. The van der Waals surface area contributed by atoms with Crippen LogP contribution in [0, 0.1) is 6.92 Å². The van der Waals surface area contributed by atoms with Gasteiger partial charge in [-0.25, -0.2) is 0 Å². The van der Waals surface area contributed by atoms with Crippen molar-refractivity contribution in [2.24, 2.45) is 0 Å². The van der Waals surface area contributed by atoms with Gasteiger partial charge in [0.05, 0.1) is 5.56 Å². The van der Waals surface area contributed by atoms with Crippen molar-refractivity contribution in [1.82, 2.24) is 4.58 Å². The third-order valence-corrected chi connectivity index (χ3v) is 5.66. The fourth-order valence-corrected chi connectivity index (χ4v) is 4.31. The molecule has 28 heavy (non-hydrogen) atoms. The summed E-state index contributed by atoms with van der Waals surface area (Å²) in [6.45, 7) is 4.42. The van der Waals surface area contributed by atoms with Crippen molar-refractivity contribution >= 4 is 17.1 Å². The second kappa shape index (κ2) is 6.61. The van der Waals surface area contributed by atoms with Crippen LogP contribution in [-0.2, 0) is 0 Å². The lowest BCUT2D eigenvalue weighted by atomic mass is 9.88. The number of rotatable bonds is 1. The minimum atomic E-state index is 1.22. The highest BCUT2D eigenvalue weighted by Gasteiger charge is 2.29. The Bertz CT molecular complexity index is 1230. The lowest BCUT2D eigenvalue weighted by molar-refractivity contribution is 1.06. The van der Waals surface area contributed by atoms with Crippen molar-refractivity contribution < 1.29 is 0 Å². The predicted molar refractivity (Wildman–Crippen MR) is 120 cm³/mol. The summed E-state index contributed by atoms with van der Waals surface area (Å²) in [5.41, 5.74) is 11.3. The molecule has 1 heterocycles. The standard InChI is InChI=1S/C27H22N/c1-19-11-3-9-17-26(19)28-20(2)21-12-4-5-13-22(21)23-14-6-7-15-24(23)25-16-8-10-18-27(25)28/h3-18H,1-2H3/q+1. The van der Waals surface area contributed by atoms with Crippen LogP contribution in [0.25, 0.3) is 22.3 Å². The molecule has 5 rings (SSSR count). The Morgan fingerprint density at radius 1 is 0.429 bits per heavy atom. The zero-order valence-electron chi connectivity index (χ0n) is 16.2. The summed E-state index contributed by atoms with van der Waals surface area (Å²) < 4.78 is 2.42. The molecule has 0 bridgehead atoms. The zero-order chi connectivity index (χ0) is 19.1. The normalized spacial score (nSPS) is 12.5. The molecule has 1 nitrogen and oxygen atoms in total. The van der Waals surface area contributed by atoms with E-state index in [2.05, 4.69) is 115 Å². The first-order valence-electron chi connectivity index (χ1n) is 9.73. The molecule has 0 radical (unpaired) electrons. The summed E-state index contributed by atoms with van der Waals surface area (Å²) in [5, 5.41) is 0. The fraction of sp³-hybridized carbons (Fsp3) is 0.0741. The van der Waals surface area contributed by atoms with Crippen molar-refractivity contribution in [2.75, 3.05) is 0 Å². The molecule has 1 aliphatic heterocycles. The Morgan fingerprint density at radius 2 is 0.857 bits per heavy atom. The van der Waals surface area contributed by atoms with Crippen LogP contribution in [0.5, 0.6) is 0 Å². The van der Waals surface area contributed by atoms with E-state index in [1.807, 2.05) is 0 Å². The molecule has 1 heteroatoms. The average Bonchev–Trinajstić information content (AvgIpc) is 2.75. The van der Waals surface area contributed by atoms with Gasteiger partial charge in [0.25, 0.3) is 0 Å². The third-order valence-electron chi connectivity index (χ3n) is 5.66. The van der Waals surface area contributed by atoms with Gasteiger partial charge in [0.1, 0.15) is 0 Å². The van der Waals surface area contributed by atoms with Crippen LogP contribution in [0.3, 0.4) is 0 Å². The van der Waals surface area contributed by atoms with E-state index in [1.54, 1.807) is 0 Å². The van der Waals surface area contributed by atoms with Crippen LogP contribution in [0.15, 0.2) is 97.1 Å². The van der Waals surface area contributed by atoms with E-state index in [1.165, 1.54) is 50.5 Å². The van der Waals surface area contributed by atoms with Crippen LogP contribution < -0.4 is 4.58 Å². The Balaban J connectivity index is 1.98. The molecule has 0 aliphatic carbocycles. The molecule has 0 aromatic heterocycles. The molecule has 0 spiro atoms. The molecular weight excluding hydrogens is 338 g/mol. The maximum atomic E-state index is 2.42. The SMILES string of the molecule is CC1=[N+](c2ccccc2C)c2ccccc2-c2ccccc2-c2ccccc21. The number of para-hydroxylation sites is 2. The highest BCUT2D eigenvalue weighted by atomic mass is 15.0. The van der Waals surface area contributed by atoms with Crippen LogP contribution in [0.1, 0.15) is 18.1 Å². The molecular formula is C27H22N+. The molecule has 134 valence electrons. The van der Waals surface area contributed by atoms with Gasteiger partial charge in [-0.3, -0.25) is 0 Å². The van der Waals surface area contributed by atoms with Crippen LogP contribution in [-0.4, -0.2) is 5.71 Å². The number of fused-ring (bicyclic) bond motifs is 5. The van der Waals surface area contributed by atoms with Crippen molar-refractivity contribution in [3.05, 3.63) is 108 Å². The highest BCUT2D eigenvalue weighted by molar-refractivity contribution is 6.11. The number of hydrogen-bond donors (Lipinski definition) is 0. The van der Waals surface area contributed by atoms with Gasteiger partial charge in [0, 0.05) is 30.2 Å². The van der Waals surface area contributed by atoms with Gasteiger partial charge in [-0.1, -0.05) is 72.8 Å². The molecule has 0 saturated heterocycles. The summed E-state index contributed by atoms with van der Waals surface area (Å²) >= 11 is 0. The second-order valence-electron chi connectivity index (χ2n) is 7.32. The molecule has 1 aliphatic rings. The maximum Gasteiger partial charge on any atom is 0.219 e. The summed E-state index contributed by atoms with van der Waals surface area (Å²) in [4.78, 5) is 0. The van der Waals surface area contributed by atoms with E-state index in [0.717, 1.165) is 0 Å². The topological polar surface area (TPSA) is 3.01 Å². The first-order chi connectivity index (χ1) is 13.8. The molecule has 0 amide bonds. The Labute approximate surface area is 166 Å². The summed E-state index contributed by atoms with van der Waals surface area (Å²) in [6, 6.07) is 34.8. The van der Waals surface area contributed by atoms with E-state index in [9.17, 15) is 0 Å². The largest absolute Gasteiger partial charge is 0.219 e. The van der Waals surface area contributed by atoms with E-state index < -0.39 is 0 Å². The summed E-state index contributed by atoms with van der Waals surface area (Å²) in [7, 11) is 0. The Morgan fingerprint density at radius 3 is 1.50 bits per heavy atom. The first-order valence-corrected chi connectivity index (χ1v) is 9.73. The number of nitrogens with zero attached hydrogens (tertiary/aromatic N) is 1. The minimum absolute atomic E-state index is 1.22. The van der Waals surface area contributed by atoms with E-state index in [-0.39, 0.29) is 0 Å². The highest BCUT2D eigenvalue weighted by Crippen LogP contribution is 2.42. The molecule has 4 aromatic rings. The van der Waals surface area contributed by atoms with Crippen molar-refractivity contribution in [3.63, 3.8) is 0 Å². The van der Waals surface area contributed by atoms with Gasteiger partial charge in [-0.2, -0.15) is 4.58 Å². The second-order valence-corrected chi connectivity index (χ2v) is 7.32. The zero-order valence-corrected chi connectivity index (χ0v) is 16.2. The lowest BCUT2D eigenvalue weighted by Gasteiger charge is -2.20. The summed E-state index contributed by atoms with van der Waals surface area (Å²) in [6.07, 6.45) is 0. The number of benzene rings is 4. The molecule has 0 saturated carbocycles. The van der Waals surface area contributed by atoms with Gasteiger partial charge in [-0.05, 0) is 35.7 Å². The van der Waals surface area contributed by atoms with Crippen molar-refractivity contribution in [1.29, 1.82) is 0 Å². The smallest absolute Gasteiger partial charge is 0.157 e. The molecule has 0 N–H and O–H groups in total. The molecule has 4 aromatic carbocycles. The minimum Gasteiger partial charge on any atom is -0.157 e. The van der Waals surface area contributed by atoms with Crippen LogP contribution in [0.2, 0.25) is 0 Å². The Hall–Kier alpha value is -3.45. The van der Waals surface area contributed by atoms with Gasteiger partial charge in [0.15, 0.2) is 5.71 Å².